The van der Waals surface area contributed by atoms with Gasteiger partial charge in [-0.05, 0) is 35.9 Å². The second-order valence-corrected chi connectivity index (χ2v) is 6.65. The Kier molecular flexibility index (Phi) is 6.16. The van der Waals surface area contributed by atoms with Gasteiger partial charge in [0.1, 0.15) is 18.2 Å². The van der Waals surface area contributed by atoms with Gasteiger partial charge in [-0.25, -0.2) is 0 Å². The Morgan fingerprint density at radius 3 is 2.69 bits per heavy atom. The summed E-state index contributed by atoms with van der Waals surface area (Å²) >= 11 is 12.0. The fourth-order valence-electron chi connectivity index (χ4n) is 2.40. The number of hydrogen-bond acceptors (Lipinski definition) is 6. The first-order chi connectivity index (χ1) is 13.8. The van der Waals surface area contributed by atoms with Crippen molar-refractivity contribution in [2.75, 3.05) is 0 Å². The van der Waals surface area contributed by atoms with Crippen molar-refractivity contribution in [2.24, 2.45) is 0 Å². The van der Waals surface area contributed by atoms with E-state index in [0.717, 1.165) is 5.56 Å². The number of aromatic nitrogens is 2. The van der Waals surface area contributed by atoms with Gasteiger partial charge in [0.2, 0.25) is 0 Å². The van der Waals surface area contributed by atoms with Crippen LogP contribution in [-0.2, 0) is 6.61 Å². The normalized spacial score (nSPS) is 11.0. The summed E-state index contributed by atoms with van der Waals surface area (Å²) in [5, 5.41) is 21.3. The number of ether oxygens (including phenoxy) is 1. The van der Waals surface area contributed by atoms with E-state index in [9.17, 15) is 20.0 Å². The number of halogens is 2. The summed E-state index contributed by atoms with van der Waals surface area (Å²) in [6.45, 7) is 0.244. The molecular formula is C19H13Cl2N3O5. The van der Waals surface area contributed by atoms with Crippen molar-refractivity contribution < 1.29 is 14.8 Å². The highest BCUT2D eigenvalue weighted by Crippen LogP contribution is 2.23. The maximum absolute atomic E-state index is 11.7. The highest BCUT2D eigenvalue weighted by Gasteiger charge is 2.21. The standard InChI is InChI=1S/C19H13Cl2N3O5/c20-13-6-5-12(15(21)9-13)10-29-14-3-1-2-11(8-14)4-7-16-22-18(25)17(24(27)28)19(26)23-16/h1-9H,10H2,(H2,22,23,25,26)/b7-4-. The van der Waals surface area contributed by atoms with Crippen molar-refractivity contribution >= 4 is 41.0 Å². The highest BCUT2D eigenvalue weighted by atomic mass is 35.5. The average molecular weight is 434 g/mol. The molecule has 0 saturated carbocycles. The molecule has 29 heavy (non-hydrogen) atoms. The number of aromatic hydroxyl groups is 1. The van der Waals surface area contributed by atoms with E-state index in [-0.39, 0.29) is 12.4 Å². The van der Waals surface area contributed by atoms with Gasteiger partial charge in [0.15, 0.2) is 0 Å². The summed E-state index contributed by atoms with van der Waals surface area (Å²) in [7, 11) is 0. The van der Waals surface area contributed by atoms with E-state index in [1.165, 1.54) is 6.08 Å². The van der Waals surface area contributed by atoms with Gasteiger partial charge in [0.25, 0.3) is 5.88 Å². The van der Waals surface area contributed by atoms with Gasteiger partial charge in [-0.15, -0.1) is 0 Å². The van der Waals surface area contributed by atoms with E-state index >= 15 is 0 Å². The van der Waals surface area contributed by atoms with Gasteiger partial charge in [0.05, 0.1) is 4.92 Å². The first-order valence-electron chi connectivity index (χ1n) is 8.16. The summed E-state index contributed by atoms with van der Waals surface area (Å²) in [5.41, 5.74) is -0.553. The van der Waals surface area contributed by atoms with Gasteiger partial charge in [-0.1, -0.05) is 47.5 Å². The van der Waals surface area contributed by atoms with E-state index < -0.39 is 22.0 Å². The molecule has 1 aromatic heterocycles. The van der Waals surface area contributed by atoms with Crippen LogP contribution in [0.2, 0.25) is 10.0 Å². The Hall–Kier alpha value is -3.36. The van der Waals surface area contributed by atoms with E-state index in [1.807, 2.05) is 0 Å². The predicted molar refractivity (Wildman–Crippen MR) is 109 cm³/mol. The Morgan fingerprint density at radius 2 is 2.00 bits per heavy atom. The molecule has 0 fully saturated rings. The fourth-order valence-corrected chi connectivity index (χ4v) is 2.86. The summed E-state index contributed by atoms with van der Waals surface area (Å²) in [6.07, 6.45) is 3.01. The summed E-state index contributed by atoms with van der Waals surface area (Å²) in [6, 6.07) is 12.2. The van der Waals surface area contributed by atoms with E-state index in [2.05, 4.69) is 9.97 Å². The van der Waals surface area contributed by atoms with Crippen LogP contribution >= 0.6 is 23.2 Å². The quantitative estimate of drug-likeness (QED) is 0.438. The van der Waals surface area contributed by atoms with Crippen LogP contribution in [0.3, 0.4) is 0 Å². The number of benzene rings is 2. The minimum absolute atomic E-state index is 0.0302. The molecule has 0 aliphatic rings. The Bertz CT molecular complexity index is 1160. The zero-order chi connectivity index (χ0) is 21.0. The third-order valence-electron chi connectivity index (χ3n) is 3.78. The molecule has 0 spiro atoms. The lowest BCUT2D eigenvalue weighted by Gasteiger charge is -2.08. The topological polar surface area (TPSA) is 118 Å². The maximum Gasteiger partial charge on any atom is 0.395 e. The molecule has 8 nitrogen and oxygen atoms in total. The van der Waals surface area contributed by atoms with Gasteiger partial charge in [0, 0.05) is 15.6 Å². The summed E-state index contributed by atoms with van der Waals surface area (Å²) < 4.78 is 5.74. The second-order valence-electron chi connectivity index (χ2n) is 5.81. The number of nitrogens with one attached hydrogen (secondary N) is 1. The van der Waals surface area contributed by atoms with Gasteiger partial charge >= 0.3 is 11.2 Å². The molecular weight excluding hydrogens is 421 g/mol. The highest BCUT2D eigenvalue weighted by molar-refractivity contribution is 6.35. The molecule has 0 bridgehead atoms. The van der Waals surface area contributed by atoms with Crippen molar-refractivity contribution in [3.05, 3.63) is 89.9 Å². The summed E-state index contributed by atoms with van der Waals surface area (Å²) in [5.74, 6) is -0.404. The Morgan fingerprint density at radius 1 is 1.21 bits per heavy atom. The molecule has 0 unspecified atom stereocenters. The maximum atomic E-state index is 11.7. The van der Waals surface area contributed by atoms with Gasteiger partial charge in [-0.2, -0.15) is 4.98 Å². The lowest BCUT2D eigenvalue weighted by molar-refractivity contribution is -0.387. The van der Waals surface area contributed by atoms with Crippen LogP contribution in [0.15, 0.2) is 47.3 Å². The SMILES string of the molecule is O=c1[nH]c(/C=C\c2cccc(OCc3ccc(Cl)cc3Cl)c2)nc(O)c1[N+](=O)[O-]. The lowest BCUT2D eigenvalue weighted by atomic mass is 10.2. The number of H-pyrrole nitrogens is 1. The molecule has 0 aliphatic carbocycles. The van der Waals surface area contributed by atoms with E-state index in [4.69, 9.17) is 27.9 Å². The molecule has 0 amide bonds. The largest absolute Gasteiger partial charge is 0.489 e. The molecule has 0 aliphatic heterocycles. The summed E-state index contributed by atoms with van der Waals surface area (Å²) in [4.78, 5) is 27.2. The number of hydrogen-bond donors (Lipinski definition) is 2. The molecule has 1 heterocycles. The Balaban J connectivity index is 1.74. The van der Waals surface area contributed by atoms with Gasteiger partial charge in [-0.3, -0.25) is 14.9 Å². The number of nitrogens with zero attached hydrogens (tertiary/aromatic N) is 2. The van der Waals surface area contributed by atoms with Crippen LogP contribution in [0.25, 0.3) is 12.2 Å². The molecule has 0 radical (unpaired) electrons. The van der Waals surface area contributed by atoms with Crippen LogP contribution in [0, 0.1) is 10.1 Å². The fraction of sp³-hybridized carbons (Fsp3) is 0.0526. The third kappa shape index (κ3) is 5.13. The van der Waals surface area contributed by atoms with Crippen molar-refractivity contribution in [1.82, 2.24) is 9.97 Å². The van der Waals surface area contributed by atoms with E-state index in [0.29, 0.717) is 21.4 Å². The van der Waals surface area contributed by atoms with Crippen molar-refractivity contribution in [1.29, 1.82) is 0 Å². The zero-order valence-corrected chi connectivity index (χ0v) is 16.1. The smallest absolute Gasteiger partial charge is 0.395 e. The van der Waals surface area contributed by atoms with Crippen LogP contribution in [-0.4, -0.2) is 20.0 Å². The Labute approximate surface area is 174 Å². The second kappa shape index (κ2) is 8.76. The van der Waals surface area contributed by atoms with Crippen LogP contribution in [0.1, 0.15) is 17.0 Å². The van der Waals surface area contributed by atoms with Crippen LogP contribution in [0.5, 0.6) is 11.6 Å². The van der Waals surface area contributed by atoms with E-state index in [1.54, 1.807) is 48.5 Å². The first-order valence-corrected chi connectivity index (χ1v) is 8.91. The molecule has 3 rings (SSSR count). The lowest BCUT2D eigenvalue weighted by Crippen LogP contribution is -2.14. The molecule has 3 aromatic rings. The van der Waals surface area contributed by atoms with Crippen molar-refractivity contribution in [2.45, 2.75) is 6.61 Å². The number of aromatic amines is 1. The van der Waals surface area contributed by atoms with Crippen molar-refractivity contribution in [3.63, 3.8) is 0 Å². The van der Waals surface area contributed by atoms with Crippen molar-refractivity contribution in [3.8, 4) is 11.6 Å². The van der Waals surface area contributed by atoms with Gasteiger partial charge < -0.3 is 14.8 Å². The number of nitro groups is 1. The monoisotopic (exact) mass is 433 g/mol. The number of rotatable bonds is 6. The minimum atomic E-state index is -1.04. The average Bonchev–Trinajstić information content (AvgIpc) is 2.65. The molecule has 0 atom stereocenters. The zero-order valence-electron chi connectivity index (χ0n) is 14.6. The molecule has 2 N–H and O–H groups in total. The molecule has 148 valence electrons. The van der Waals surface area contributed by atoms with Crippen LogP contribution < -0.4 is 10.3 Å². The molecule has 10 heteroatoms. The third-order valence-corrected chi connectivity index (χ3v) is 4.37. The van der Waals surface area contributed by atoms with Crippen LogP contribution in [0.4, 0.5) is 5.69 Å². The first kappa shape index (κ1) is 20.4. The predicted octanol–water partition coefficient (Wildman–Crippen LogP) is 4.44. The molecule has 0 saturated heterocycles. The molecule has 2 aromatic carbocycles. The minimum Gasteiger partial charge on any atom is -0.489 e.